The number of benzene rings is 1. The number of hydrogen-bond acceptors (Lipinski definition) is 4. The van der Waals surface area contributed by atoms with Gasteiger partial charge in [-0.1, -0.05) is 43.6 Å². The van der Waals surface area contributed by atoms with Crippen LogP contribution in [0.3, 0.4) is 0 Å². The minimum absolute atomic E-state index is 0.345. The Bertz CT molecular complexity index is 558. The van der Waals surface area contributed by atoms with E-state index in [2.05, 4.69) is 0 Å². The Hall–Kier alpha value is -0.810. The van der Waals surface area contributed by atoms with Crippen LogP contribution in [0.25, 0.3) is 0 Å². The Labute approximate surface area is 161 Å². The van der Waals surface area contributed by atoms with E-state index < -0.39 is 11.2 Å². The van der Waals surface area contributed by atoms with Gasteiger partial charge in [0, 0.05) is 0 Å². The first-order valence-electron chi connectivity index (χ1n) is 9.44. The van der Waals surface area contributed by atoms with Gasteiger partial charge in [-0.2, -0.15) is 0 Å². The molecule has 26 heavy (non-hydrogen) atoms. The molecule has 0 aliphatic carbocycles. The molecule has 1 N–H and O–H groups in total. The second kappa shape index (κ2) is 8.05. The van der Waals surface area contributed by atoms with Gasteiger partial charge < -0.3 is 19.1 Å². The molecule has 0 amide bonds. The zero-order valence-corrected chi connectivity index (χ0v) is 18.1. The fourth-order valence-corrected chi connectivity index (χ4v) is 2.07. The summed E-state index contributed by atoms with van der Waals surface area (Å²) < 4.78 is 17.9. The van der Waals surface area contributed by atoms with Crippen molar-refractivity contribution >= 4 is 25.5 Å². The van der Waals surface area contributed by atoms with Crippen LogP contribution in [0, 0.1) is 0 Å². The van der Waals surface area contributed by atoms with Gasteiger partial charge in [0.05, 0.1) is 22.4 Å². The first-order chi connectivity index (χ1) is 11.8. The van der Waals surface area contributed by atoms with Crippen LogP contribution >= 0.6 is 0 Å². The van der Waals surface area contributed by atoms with Crippen LogP contribution in [0.15, 0.2) is 24.3 Å². The smallest absolute Gasteiger partial charge is 0.427 e. The summed E-state index contributed by atoms with van der Waals surface area (Å²) in [6, 6.07) is 7.88. The van der Waals surface area contributed by atoms with Gasteiger partial charge in [0.25, 0.3) is 0 Å². The highest BCUT2D eigenvalue weighted by Crippen LogP contribution is 2.36. The van der Waals surface area contributed by atoms with E-state index in [0.717, 1.165) is 10.9 Å². The first kappa shape index (κ1) is 23.2. The summed E-state index contributed by atoms with van der Waals surface area (Å²) in [4.78, 5) is 0. The molecule has 0 saturated carbocycles. The summed E-state index contributed by atoms with van der Waals surface area (Å²) in [5.41, 5.74) is -0.408. The molecule has 0 atom stereocenters. The maximum absolute atomic E-state index is 10.1. The minimum Gasteiger partial charge on any atom is -0.427 e. The van der Waals surface area contributed by atoms with Gasteiger partial charge >= 0.3 is 14.6 Å². The third kappa shape index (κ3) is 5.13. The van der Waals surface area contributed by atoms with Crippen molar-refractivity contribution in [2.45, 2.75) is 91.6 Å². The molecule has 1 saturated heterocycles. The molecule has 1 aliphatic heterocycles. The van der Waals surface area contributed by atoms with Gasteiger partial charge in [0.2, 0.25) is 0 Å². The molecule has 1 aliphatic rings. The van der Waals surface area contributed by atoms with E-state index >= 15 is 0 Å². The SMILES string of the molecule is CC.CC(C)(O)C(C)(C)O[B]c1ccc(B2OC(C)(C)C(C)(C)O2)cc1. The second-order valence-electron chi connectivity index (χ2n) is 8.56. The van der Waals surface area contributed by atoms with Gasteiger partial charge in [0.1, 0.15) is 0 Å². The lowest BCUT2D eigenvalue weighted by Gasteiger charge is -2.37. The minimum atomic E-state index is -0.938. The topological polar surface area (TPSA) is 47.9 Å². The Morgan fingerprint density at radius 1 is 0.923 bits per heavy atom. The van der Waals surface area contributed by atoms with Crippen molar-refractivity contribution in [2.75, 3.05) is 0 Å². The fourth-order valence-electron chi connectivity index (χ4n) is 2.07. The van der Waals surface area contributed by atoms with Crippen LogP contribution in [0.5, 0.6) is 0 Å². The van der Waals surface area contributed by atoms with E-state index in [1.54, 1.807) is 21.3 Å². The van der Waals surface area contributed by atoms with Gasteiger partial charge in [-0.3, -0.25) is 0 Å². The Balaban J connectivity index is 0.00000163. The lowest BCUT2D eigenvalue weighted by atomic mass is 9.76. The second-order valence-corrected chi connectivity index (χ2v) is 8.56. The quantitative estimate of drug-likeness (QED) is 0.820. The summed E-state index contributed by atoms with van der Waals surface area (Å²) in [5.74, 6) is 0. The predicted octanol–water partition coefficient (Wildman–Crippen LogP) is 2.82. The van der Waals surface area contributed by atoms with Crippen LogP contribution < -0.4 is 10.9 Å². The van der Waals surface area contributed by atoms with E-state index in [1.165, 1.54) is 0 Å². The molecule has 6 heteroatoms. The Kier molecular flexibility index (Phi) is 7.20. The van der Waals surface area contributed by atoms with Crippen LogP contribution in [-0.2, 0) is 14.0 Å². The molecule has 145 valence electrons. The average molecular weight is 361 g/mol. The van der Waals surface area contributed by atoms with E-state index in [-0.39, 0.29) is 18.3 Å². The average Bonchev–Trinajstić information content (AvgIpc) is 2.75. The normalized spacial score (nSPS) is 19.0. The van der Waals surface area contributed by atoms with Gasteiger partial charge in [-0.05, 0) is 60.9 Å². The third-order valence-corrected chi connectivity index (χ3v) is 5.42. The number of hydrogen-bond donors (Lipinski definition) is 1. The molecule has 1 radical (unpaired) electrons. The molecule has 4 nitrogen and oxygen atoms in total. The molecular formula is C20H35B2O4. The van der Waals surface area contributed by atoms with E-state index in [9.17, 15) is 5.11 Å². The molecule has 0 aromatic heterocycles. The van der Waals surface area contributed by atoms with Crippen molar-refractivity contribution in [3.63, 3.8) is 0 Å². The largest absolute Gasteiger partial charge is 0.494 e. The molecule has 1 fully saturated rings. The first-order valence-corrected chi connectivity index (χ1v) is 9.44. The third-order valence-electron chi connectivity index (χ3n) is 5.42. The van der Waals surface area contributed by atoms with Gasteiger partial charge in [-0.25, -0.2) is 0 Å². The zero-order valence-electron chi connectivity index (χ0n) is 18.1. The van der Waals surface area contributed by atoms with Crippen molar-refractivity contribution in [3.8, 4) is 0 Å². The van der Waals surface area contributed by atoms with E-state index in [4.69, 9.17) is 14.0 Å². The fraction of sp³-hybridized carbons (Fsp3) is 0.700. The lowest BCUT2D eigenvalue weighted by molar-refractivity contribution is -0.0893. The lowest BCUT2D eigenvalue weighted by Crippen LogP contribution is -2.49. The maximum atomic E-state index is 10.1. The monoisotopic (exact) mass is 361 g/mol. The Morgan fingerprint density at radius 2 is 1.35 bits per heavy atom. The highest BCUT2D eigenvalue weighted by atomic mass is 16.7. The van der Waals surface area contributed by atoms with Crippen molar-refractivity contribution in [1.29, 1.82) is 0 Å². The summed E-state index contributed by atoms with van der Waals surface area (Å²) in [7, 11) is 1.31. The molecule has 0 bridgehead atoms. The molecule has 2 rings (SSSR count). The highest BCUT2D eigenvalue weighted by Gasteiger charge is 2.51. The van der Waals surface area contributed by atoms with Crippen LogP contribution in [-0.4, -0.2) is 42.1 Å². The van der Waals surface area contributed by atoms with Crippen molar-refractivity contribution in [1.82, 2.24) is 0 Å². The highest BCUT2D eigenvalue weighted by molar-refractivity contribution is 6.62. The van der Waals surface area contributed by atoms with E-state index in [1.807, 2.05) is 79.7 Å². The number of rotatable bonds is 5. The summed E-state index contributed by atoms with van der Waals surface area (Å²) in [5, 5.41) is 10.1. The van der Waals surface area contributed by atoms with Crippen molar-refractivity contribution < 1.29 is 19.1 Å². The maximum Gasteiger partial charge on any atom is 0.494 e. The van der Waals surface area contributed by atoms with Crippen LogP contribution in [0.1, 0.15) is 69.2 Å². The predicted molar refractivity (Wildman–Crippen MR) is 110 cm³/mol. The van der Waals surface area contributed by atoms with Crippen LogP contribution in [0.4, 0.5) is 0 Å². The summed E-state index contributed by atoms with van der Waals surface area (Å²) in [6.45, 7) is 19.4. The summed E-state index contributed by atoms with van der Waals surface area (Å²) >= 11 is 0. The zero-order chi connectivity index (χ0) is 20.4. The summed E-state index contributed by atoms with van der Waals surface area (Å²) in [6.07, 6.45) is 0. The van der Waals surface area contributed by atoms with Gasteiger partial charge in [0.15, 0.2) is 0 Å². The standard InChI is InChI=1S/C18H29B2O4.C2H6/c1-15(2,21)16(3,4)22-19-13-9-11-14(12-10-13)20-23-17(5,6)18(7,8)24-20;1-2/h9-12,21H,1-8H3;1-2H3. The number of aliphatic hydroxyl groups is 1. The molecule has 1 aromatic rings. The molecule has 1 aromatic carbocycles. The van der Waals surface area contributed by atoms with Gasteiger partial charge in [-0.15, -0.1) is 0 Å². The molecule has 0 unspecified atom stereocenters. The van der Waals surface area contributed by atoms with Crippen molar-refractivity contribution in [2.24, 2.45) is 0 Å². The van der Waals surface area contributed by atoms with Crippen molar-refractivity contribution in [3.05, 3.63) is 24.3 Å². The Morgan fingerprint density at radius 3 is 1.73 bits per heavy atom. The molecule has 1 heterocycles. The van der Waals surface area contributed by atoms with E-state index in [0.29, 0.717) is 0 Å². The molecular weight excluding hydrogens is 326 g/mol. The molecule has 0 spiro atoms. The van der Waals surface area contributed by atoms with Crippen LogP contribution in [0.2, 0.25) is 0 Å².